The minimum atomic E-state index is -1.41. The van der Waals surface area contributed by atoms with Gasteiger partial charge in [0.1, 0.15) is 0 Å². The van der Waals surface area contributed by atoms with Crippen LogP contribution in [0.15, 0.2) is 0 Å². The van der Waals surface area contributed by atoms with Gasteiger partial charge < -0.3 is 40.2 Å². The number of amides is 4. The highest BCUT2D eigenvalue weighted by Crippen LogP contribution is 2.30. The fraction of sp³-hybridized carbons (Fsp3) is 0.727. The average Bonchev–Trinajstić information content (AvgIpc) is 3.42. The largest absolute Gasteiger partial charge is 0.548 e. The standard InChI is InChI=1S/C22H32N4O8S/c1-35-11-17(27)23-13-7-15(21(31)32)25(9-13)18(28)3-2-4-19(29)26-10-14(8-16(26)22(33)34)24-20(30)12-5-6-12/h12-16H,2-11H2,1H3,(H,23,27)(H,24,30)(H,31,32)(H,33,34)/p-2/t13-,14-,15-,16-/m0/s1. The summed E-state index contributed by atoms with van der Waals surface area (Å²) in [6.07, 6.45) is 3.34. The number of carboxylic acid groups (broad SMARTS) is 2. The molecular formula is C22H30N4O8S-2. The number of nitrogens with one attached hydrogen (secondary N) is 2. The van der Waals surface area contributed by atoms with Gasteiger partial charge in [-0.3, -0.25) is 19.2 Å². The molecule has 1 saturated carbocycles. The fourth-order valence-electron chi connectivity index (χ4n) is 4.62. The van der Waals surface area contributed by atoms with E-state index in [0.717, 1.165) is 22.6 Å². The third kappa shape index (κ3) is 7.09. The summed E-state index contributed by atoms with van der Waals surface area (Å²) in [5.74, 6) is -3.98. The Hall–Kier alpha value is -2.83. The molecule has 0 bridgehead atoms. The van der Waals surface area contributed by atoms with Gasteiger partial charge in [-0.25, -0.2) is 0 Å². The third-order valence-electron chi connectivity index (χ3n) is 6.50. The summed E-state index contributed by atoms with van der Waals surface area (Å²) in [5, 5.41) is 28.5. The number of rotatable bonds is 11. The summed E-state index contributed by atoms with van der Waals surface area (Å²) >= 11 is 1.32. The van der Waals surface area contributed by atoms with Gasteiger partial charge in [0.2, 0.25) is 23.6 Å². The molecule has 3 fully saturated rings. The predicted octanol–water partition coefficient (Wildman–Crippen LogP) is -3.40. The molecule has 3 rings (SSSR count). The number of aliphatic carboxylic acids is 2. The number of thioether (sulfide) groups is 1. The SMILES string of the molecule is CSCC(=O)N[C@H]1C[C@@H](C(=O)[O-])N(C(=O)CCCC(=O)N2C[C@@H](NC(=O)C3CC3)C[C@H]2C(=O)[O-])C1. The van der Waals surface area contributed by atoms with Gasteiger partial charge >= 0.3 is 0 Å². The van der Waals surface area contributed by atoms with Crippen LogP contribution in [-0.4, -0.2) is 94.6 Å². The molecular weight excluding hydrogens is 480 g/mol. The van der Waals surface area contributed by atoms with Gasteiger partial charge in [-0.2, -0.15) is 11.8 Å². The molecule has 12 nitrogen and oxygen atoms in total. The first-order chi connectivity index (χ1) is 16.6. The molecule has 1 aliphatic carbocycles. The molecule has 2 aliphatic heterocycles. The van der Waals surface area contributed by atoms with Crippen LogP contribution in [0.25, 0.3) is 0 Å². The van der Waals surface area contributed by atoms with Gasteiger partial charge in [0.15, 0.2) is 0 Å². The molecule has 4 amide bonds. The van der Waals surface area contributed by atoms with Crippen LogP contribution >= 0.6 is 11.8 Å². The van der Waals surface area contributed by atoms with E-state index in [9.17, 15) is 39.0 Å². The van der Waals surface area contributed by atoms with Gasteiger partial charge in [-0.05, 0) is 38.4 Å². The van der Waals surface area contributed by atoms with E-state index in [4.69, 9.17) is 0 Å². The maximum atomic E-state index is 12.7. The molecule has 0 aromatic rings. The first kappa shape index (κ1) is 26.8. The molecule has 194 valence electrons. The van der Waals surface area contributed by atoms with Crippen LogP contribution < -0.4 is 20.8 Å². The van der Waals surface area contributed by atoms with E-state index < -0.39 is 47.9 Å². The lowest BCUT2D eigenvalue weighted by atomic mass is 10.1. The van der Waals surface area contributed by atoms with E-state index >= 15 is 0 Å². The van der Waals surface area contributed by atoms with Crippen molar-refractivity contribution in [3.63, 3.8) is 0 Å². The van der Waals surface area contributed by atoms with Gasteiger partial charge in [-0.15, -0.1) is 0 Å². The number of likely N-dealkylation sites (tertiary alicyclic amines) is 2. The Balaban J connectivity index is 1.49. The monoisotopic (exact) mass is 510 g/mol. The van der Waals surface area contributed by atoms with Gasteiger partial charge in [0.25, 0.3) is 0 Å². The fourth-order valence-corrected chi connectivity index (χ4v) is 4.97. The van der Waals surface area contributed by atoms with E-state index in [2.05, 4.69) is 10.6 Å². The number of carbonyl (C=O) groups excluding carboxylic acids is 6. The third-order valence-corrected chi connectivity index (χ3v) is 7.05. The maximum absolute atomic E-state index is 12.7. The molecule has 0 unspecified atom stereocenters. The molecule has 0 aromatic carbocycles. The number of nitrogens with zero attached hydrogens (tertiary/aromatic N) is 2. The Bertz CT molecular complexity index is 880. The summed E-state index contributed by atoms with van der Waals surface area (Å²) in [7, 11) is 0. The molecule has 3 aliphatic rings. The average molecular weight is 511 g/mol. The van der Waals surface area contributed by atoms with Gasteiger partial charge in [0, 0.05) is 43.9 Å². The molecule has 13 heteroatoms. The maximum Gasteiger partial charge on any atom is 0.230 e. The van der Waals surface area contributed by atoms with Crippen molar-refractivity contribution >= 4 is 47.3 Å². The minimum Gasteiger partial charge on any atom is -0.548 e. The summed E-state index contributed by atoms with van der Waals surface area (Å²) < 4.78 is 0. The minimum absolute atomic E-state index is 0.0345. The van der Waals surface area contributed by atoms with Crippen LogP contribution in [0.1, 0.15) is 44.9 Å². The summed E-state index contributed by atoms with van der Waals surface area (Å²) in [5.41, 5.74) is 0. The molecule has 0 aromatic heterocycles. The lowest BCUT2D eigenvalue weighted by molar-refractivity contribution is -0.311. The lowest BCUT2D eigenvalue weighted by Gasteiger charge is -2.26. The Labute approximate surface area is 207 Å². The Kier molecular flexibility index (Phi) is 8.98. The highest BCUT2D eigenvalue weighted by atomic mass is 32.2. The van der Waals surface area contributed by atoms with E-state index in [0.29, 0.717) is 0 Å². The highest BCUT2D eigenvalue weighted by Gasteiger charge is 2.39. The van der Waals surface area contributed by atoms with Gasteiger partial charge in [0.05, 0.1) is 29.8 Å². The van der Waals surface area contributed by atoms with Crippen molar-refractivity contribution in [2.24, 2.45) is 5.92 Å². The Morgan fingerprint density at radius 1 is 0.829 bits per heavy atom. The molecule has 4 atom stereocenters. The molecule has 35 heavy (non-hydrogen) atoms. The van der Waals surface area contributed by atoms with E-state index in [1.807, 2.05) is 0 Å². The van der Waals surface area contributed by atoms with Crippen molar-refractivity contribution in [3.8, 4) is 0 Å². The van der Waals surface area contributed by atoms with Crippen molar-refractivity contribution < 1.29 is 39.0 Å². The first-order valence-corrected chi connectivity index (χ1v) is 13.1. The van der Waals surface area contributed by atoms with Crippen LogP contribution in [0.2, 0.25) is 0 Å². The molecule has 2 N–H and O–H groups in total. The quantitative estimate of drug-likeness (QED) is 0.286. The van der Waals surface area contributed by atoms with Crippen molar-refractivity contribution in [1.82, 2.24) is 20.4 Å². The Morgan fingerprint density at radius 2 is 1.31 bits per heavy atom. The normalized spacial score (nSPS) is 25.9. The number of carbonyl (C=O) groups is 6. The van der Waals surface area contributed by atoms with E-state index in [1.54, 1.807) is 6.26 Å². The number of hydrogen-bond acceptors (Lipinski definition) is 9. The number of hydrogen-bond donors (Lipinski definition) is 2. The second-order valence-electron chi connectivity index (χ2n) is 9.26. The van der Waals surface area contributed by atoms with Crippen molar-refractivity contribution in [2.45, 2.75) is 69.1 Å². The molecule has 0 spiro atoms. The van der Waals surface area contributed by atoms with Crippen LogP contribution in [0.3, 0.4) is 0 Å². The summed E-state index contributed by atoms with van der Waals surface area (Å²) in [4.78, 5) is 74.5. The zero-order chi connectivity index (χ0) is 25.7. The van der Waals surface area contributed by atoms with E-state index in [1.165, 1.54) is 11.8 Å². The zero-order valence-electron chi connectivity index (χ0n) is 19.5. The topological polar surface area (TPSA) is 179 Å². The lowest BCUT2D eigenvalue weighted by Crippen LogP contribution is -2.47. The second kappa shape index (κ2) is 11.7. The van der Waals surface area contributed by atoms with Crippen molar-refractivity contribution in [1.29, 1.82) is 0 Å². The first-order valence-electron chi connectivity index (χ1n) is 11.7. The van der Waals surface area contributed by atoms with Crippen LogP contribution in [0, 0.1) is 5.92 Å². The summed E-state index contributed by atoms with van der Waals surface area (Å²) in [6, 6.07) is -3.30. The van der Waals surface area contributed by atoms with Crippen LogP contribution in [-0.2, 0) is 28.8 Å². The predicted molar refractivity (Wildman–Crippen MR) is 119 cm³/mol. The van der Waals surface area contributed by atoms with Crippen LogP contribution in [0.4, 0.5) is 0 Å². The van der Waals surface area contributed by atoms with Gasteiger partial charge in [-0.1, -0.05) is 0 Å². The highest BCUT2D eigenvalue weighted by molar-refractivity contribution is 7.99. The van der Waals surface area contributed by atoms with E-state index in [-0.39, 0.29) is 68.7 Å². The summed E-state index contributed by atoms with van der Waals surface area (Å²) in [6.45, 7) is 0.0903. The number of carboxylic acids is 2. The Morgan fingerprint density at radius 3 is 1.74 bits per heavy atom. The van der Waals surface area contributed by atoms with Crippen molar-refractivity contribution in [2.75, 3.05) is 25.1 Å². The zero-order valence-corrected chi connectivity index (χ0v) is 20.3. The smallest absolute Gasteiger partial charge is 0.230 e. The van der Waals surface area contributed by atoms with Crippen LogP contribution in [0.5, 0.6) is 0 Å². The molecule has 2 saturated heterocycles. The van der Waals surface area contributed by atoms with Crippen molar-refractivity contribution in [3.05, 3.63) is 0 Å². The molecule has 2 heterocycles. The molecule has 0 radical (unpaired) electrons. The second-order valence-corrected chi connectivity index (χ2v) is 10.1.